The lowest BCUT2D eigenvalue weighted by Crippen LogP contribution is -2.37. The fraction of sp³-hybridized carbons (Fsp3) is 0.562. The molecule has 126 valence electrons. The summed E-state index contributed by atoms with van der Waals surface area (Å²) in [6.45, 7) is 6.01. The lowest BCUT2D eigenvalue weighted by Gasteiger charge is -2.26. The highest BCUT2D eigenvalue weighted by Crippen LogP contribution is 2.33. The van der Waals surface area contributed by atoms with Crippen LogP contribution in [0.3, 0.4) is 0 Å². The molecule has 0 atom stereocenters. The molecule has 2 N–H and O–H groups in total. The van der Waals surface area contributed by atoms with Gasteiger partial charge in [0.05, 0.1) is 9.77 Å². The van der Waals surface area contributed by atoms with Crippen LogP contribution in [0.4, 0.5) is 0 Å². The van der Waals surface area contributed by atoms with E-state index in [2.05, 4.69) is 21.8 Å². The van der Waals surface area contributed by atoms with E-state index >= 15 is 0 Å². The molecule has 0 amide bonds. The van der Waals surface area contributed by atoms with Gasteiger partial charge in [0.1, 0.15) is 5.69 Å². The number of H-pyrrole nitrogens is 1. The zero-order valence-corrected chi connectivity index (χ0v) is 15.4. The molecule has 1 fully saturated rings. The van der Waals surface area contributed by atoms with Crippen LogP contribution in [-0.4, -0.2) is 24.7 Å². The average Bonchev–Trinajstić information content (AvgIpc) is 3.07. The molecule has 0 radical (unpaired) electrons. The molecule has 2 aromatic heterocycles. The second kappa shape index (κ2) is 6.37. The molecule has 0 spiro atoms. The zero-order chi connectivity index (χ0) is 16.6. The second-order valence-corrected chi connectivity index (χ2v) is 9.48. The number of nitrogens with zero attached hydrogens (tertiary/aromatic N) is 1. The molecular weight excluding hydrogens is 330 g/mol. The number of hydrogen-bond donors (Lipinski definition) is 2. The molecule has 2 heterocycles. The van der Waals surface area contributed by atoms with Crippen LogP contribution in [0.15, 0.2) is 17.0 Å². The predicted octanol–water partition coefficient (Wildman–Crippen LogP) is 3.61. The number of sulfonamides is 1. The van der Waals surface area contributed by atoms with E-state index in [9.17, 15) is 8.42 Å². The summed E-state index contributed by atoms with van der Waals surface area (Å²) in [7, 11) is -3.47. The van der Waals surface area contributed by atoms with Crippen LogP contribution in [-0.2, 0) is 10.0 Å². The van der Waals surface area contributed by atoms with Crippen molar-refractivity contribution >= 4 is 21.4 Å². The summed E-state index contributed by atoms with van der Waals surface area (Å²) in [5.41, 5.74) is 1.76. The smallest absolute Gasteiger partial charge is 0.241 e. The SMILES string of the molecule is Cc1cc(-c2cc(S(=O)(=O)NC3CCC(C)CC3)c(C)s2)n[nH]1. The van der Waals surface area contributed by atoms with Gasteiger partial charge < -0.3 is 0 Å². The third kappa shape index (κ3) is 3.67. The highest BCUT2D eigenvalue weighted by atomic mass is 32.2. The molecule has 0 unspecified atom stereocenters. The highest BCUT2D eigenvalue weighted by Gasteiger charge is 2.26. The first-order chi connectivity index (χ1) is 10.8. The molecule has 0 bridgehead atoms. The third-order valence-electron chi connectivity index (χ3n) is 4.46. The van der Waals surface area contributed by atoms with Gasteiger partial charge in [0.15, 0.2) is 0 Å². The summed E-state index contributed by atoms with van der Waals surface area (Å²) in [5.74, 6) is 0.702. The number of aryl methyl sites for hydroxylation is 2. The Kier molecular flexibility index (Phi) is 4.62. The van der Waals surface area contributed by atoms with Crippen LogP contribution in [0.25, 0.3) is 10.6 Å². The van der Waals surface area contributed by atoms with Gasteiger partial charge in [-0.2, -0.15) is 5.10 Å². The molecule has 0 aromatic carbocycles. The van der Waals surface area contributed by atoms with Gasteiger partial charge in [-0.15, -0.1) is 11.3 Å². The van der Waals surface area contributed by atoms with Gasteiger partial charge in [-0.3, -0.25) is 5.10 Å². The molecule has 1 aliphatic carbocycles. The zero-order valence-electron chi connectivity index (χ0n) is 13.7. The molecular formula is C16H23N3O2S2. The Morgan fingerprint density at radius 3 is 2.52 bits per heavy atom. The van der Waals surface area contributed by atoms with Gasteiger partial charge >= 0.3 is 0 Å². The summed E-state index contributed by atoms with van der Waals surface area (Å²) in [5, 5.41) is 7.11. The Bertz CT molecular complexity index is 784. The minimum atomic E-state index is -3.47. The predicted molar refractivity (Wildman–Crippen MR) is 93.1 cm³/mol. The minimum Gasteiger partial charge on any atom is -0.282 e. The third-order valence-corrected chi connectivity index (χ3v) is 7.31. The number of aromatic nitrogens is 2. The van der Waals surface area contributed by atoms with Crippen molar-refractivity contribution in [2.24, 2.45) is 5.92 Å². The summed E-state index contributed by atoms with van der Waals surface area (Å²) in [4.78, 5) is 2.07. The van der Waals surface area contributed by atoms with Crippen molar-refractivity contribution in [2.75, 3.05) is 0 Å². The summed E-state index contributed by atoms with van der Waals surface area (Å²) < 4.78 is 28.3. The molecule has 23 heavy (non-hydrogen) atoms. The molecule has 1 saturated carbocycles. The number of nitrogens with one attached hydrogen (secondary N) is 2. The lowest BCUT2D eigenvalue weighted by atomic mass is 9.88. The normalized spacial score (nSPS) is 22.4. The van der Waals surface area contributed by atoms with Crippen LogP contribution in [0, 0.1) is 19.8 Å². The number of rotatable bonds is 4. The number of aromatic amines is 1. The van der Waals surface area contributed by atoms with Crippen LogP contribution in [0.5, 0.6) is 0 Å². The molecule has 7 heteroatoms. The first kappa shape index (κ1) is 16.7. The molecule has 5 nitrogen and oxygen atoms in total. The monoisotopic (exact) mass is 353 g/mol. The van der Waals surface area contributed by atoms with Crippen molar-refractivity contribution in [1.82, 2.24) is 14.9 Å². The van der Waals surface area contributed by atoms with Crippen LogP contribution < -0.4 is 4.72 Å². The highest BCUT2D eigenvalue weighted by molar-refractivity contribution is 7.89. The largest absolute Gasteiger partial charge is 0.282 e. The molecule has 1 aliphatic rings. The van der Waals surface area contributed by atoms with Gasteiger partial charge in [-0.05, 0) is 57.6 Å². The Balaban J connectivity index is 1.81. The summed E-state index contributed by atoms with van der Waals surface area (Å²) >= 11 is 1.47. The van der Waals surface area contributed by atoms with Gasteiger partial charge in [-0.25, -0.2) is 13.1 Å². The van der Waals surface area contributed by atoms with E-state index in [1.54, 1.807) is 6.07 Å². The fourth-order valence-electron chi connectivity index (χ4n) is 3.06. The maximum absolute atomic E-state index is 12.7. The van der Waals surface area contributed by atoms with Crippen molar-refractivity contribution in [2.45, 2.75) is 57.4 Å². The van der Waals surface area contributed by atoms with E-state index in [0.29, 0.717) is 10.8 Å². The first-order valence-corrected chi connectivity index (χ1v) is 10.3. The van der Waals surface area contributed by atoms with E-state index in [0.717, 1.165) is 46.8 Å². The molecule has 2 aromatic rings. The van der Waals surface area contributed by atoms with E-state index < -0.39 is 10.0 Å². The van der Waals surface area contributed by atoms with Crippen molar-refractivity contribution in [3.8, 4) is 10.6 Å². The van der Waals surface area contributed by atoms with Crippen LogP contribution >= 0.6 is 11.3 Å². The van der Waals surface area contributed by atoms with Crippen LogP contribution in [0.1, 0.15) is 43.2 Å². The second-order valence-electron chi connectivity index (χ2n) is 6.55. The van der Waals surface area contributed by atoms with Crippen molar-refractivity contribution in [3.63, 3.8) is 0 Å². The van der Waals surface area contributed by atoms with Gasteiger partial charge in [0, 0.05) is 16.6 Å². The van der Waals surface area contributed by atoms with Crippen molar-refractivity contribution < 1.29 is 8.42 Å². The summed E-state index contributed by atoms with van der Waals surface area (Å²) in [6.07, 6.45) is 4.03. The van der Waals surface area contributed by atoms with Crippen molar-refractivity contribution in [1.29, 1.82) is 0 Å². The van der Waals surface area contributed by atoms with E-state index in [-0.39, 0.29) is 6.04 Å². The van der Waals surface area contributed by atoms with Gasteiger partial charge in [0.25, 0.3) is 0 Å². The topological polar surface area (TPSA) is 74.8 Å². The summed E-state index contributed by atoms with van der Waals surface area (Å²) in [6, 6.07) is 3.73. The minimum absolute atomic E-state index is 0.0616. The van der Waals surface area contributed by atoms with Crippen LogP contribution in [0.2, 0.25) is 0 Å². The van der Waals surface area contributed by atoms with Gasteiger partial charge in [0.2, 0.25) is 10.0 Å². The Morgan fingerprint density at radius 2 is 1.91 bits per heavy atom. The lowest BCUT2D eigenvalue weighted by molar-refractivity contribution is 0.332. The Labute approximate surface area is 141 Å². The quantitative estimate of drug-likeness (QED) is 0.881. The maximum atomic E-state index is 12.7. The van der Waals surface area contributed by atoms with E-state index in [4.69, 9.17) is 0 Å². The molecule has 0 aliphatic heterocycles. The Morgan fingerprint density at radius 1 is 1.22 bits per heavy atom. The molecule has 0 saturated heterocycles. The average molecular weight is 354 g/mol. The number of thiophene rings is 1. The fourth-order valence-corrected chi connectivity index (χ4v) is 5.92. The van der Waals surface area contributed by atoms with E-state index in [1.165, 1.54) is 11.3 Å². The first-order valence-electron chi connectivity index (χ1n) is 8.00. The van der Waals surface area contributed by atoms with Crippen molar-refractivity contribution in [3.05, 3.63) is 22.7 Å². The molecule has 3 rings (SSSR count). The maximum Gasteiger partial charge on any atom is 0.241 e. The Hall–Kier alpha value is -1.18. The van der Waals surface area contributed by atoms with Gasteiger partial charge in [-0.1, -0.05) is 6.92 Å². The van der Waals surface area contributed by atoms with E-state index in [1.807, 2.05) is 19.9 Å². The number of hydrogen-bond acceptors (Lipinski definition) is 4. The standard InChI is InChI=1S/C16H23N3O2S2/c1-10-4-6-13(7-5-10)19-23(20,21)16-9-15(22-12(16)3)14-8-11(2)17-18-14/h8-10,13,19H,4-7H2,1-3H3,(H,17,18).